The van der Waals surface area contributed by atoms with Gasteiger partial charge >= 0.3 is 0 Å². The average molecular weight is 346 g/mol. The highest BCUT2D eigenvalue weighted by molar-refractivity contribution is 5.95. The predicted octanol–water partition coefficient (Wildman–Crippen LogP) is 3.59. The van der Waals surface area contributed by atoms with Crippen molar-refractivity contribution in [3.8, 4) is 16.8 Å². The lowest BCUT2D eigenvalue weighted by Gasteiger charge is -2.10. The van der Waals surface area contributed by atoms with Gasteiger partial charge in [-0.15, -0.1) is 0 Å². The molecule has 1 aliphatic rings. The van der Waals surface area contributed by atoms with Crippen molar-refractivity contribution in [3.63, 3.8) is 0 Å². The maximum absolute atomic E-state index is 13.2. The van der Waals surface area contributed by atoms with Gasteiger partial charge in [0.1, 0.15) is 18.0 Å². The van der Waals surface area contributed by atoms with Crippen molar-refractivity contribution in [1.29, 1.82) is 0 Å². The van der Waals surface area contributed by atoms with Crippen LogP contribution >= 0.6 is 0 Å². The zero-order valence-electron chi connectivity index (χ0n) is 13.8. The quantitative estimate of drug-likeness (QED) is 0.611. The second-order valence-electron chi connectivity index (χ2n) is 6.33. The van der Waals surface area contributed by atoms with E-state index in [1.54, 1.807) is 35.5 Å². The Balaban J connectivity index is 1.65. The third-order valence-electron chi connectivity index (χ3n) is 4.46. The van der Waals surface area contributed by atoms with Gasteiger partial charge in [-0.05, 0) is 43.2 Å². The van der Waals surface area contributed by atoms with Crippen LogP contribution in [0.2, 0.25) is 0 Å². The molecule has 3 aromatic heterocycles. The largest absolute Gasteiger partial charge is 0.367 e. The number of halogens is 1. The molecule has 1 saturated carbocycles. The number of benzene rings is 1. The molecule has 5 rings (SSSR count). The zero-order valence-corrected chi connectivity index (χ0v) is 13.8. The topological polar surface area (TPSA) is 68.5 Å². The Hall–Kier alpha value is -3.35. The molecule has 6 nitrogen and oxygen atoms in total. The van der Waals surface area contributed by atoms with E-state index in [0.29, 0.717) is 11.7 Å². The van der Waals surface area contributed by atoms with Gasteiger partial charge < -0.3 is 5.32 Å². The summed E-state index contributed by atoms with van der Waals surface area (Å²) in [7, 11) is 0. The van der Waals surface area contributed by atoms with Crippen LogP contribution < -0.4 is 5.32 Å². The highest BCUT2D eigenvalue weighted by atomic mass is 19.1. The van der Waals surface area contributed by atoms with Gasteiger partial charge in [0.15, 0.2) is 5.65 Å². The summed E-state index contributed by atoms with van der Waals surface area (Å²) < 4.78 is 14.9. The minimum absolute atomic E-state index is 0.281. The molecule has 1 fully saturated rings. The van der Waals surface area contributed by atoms with Crippen LogP contribution in [-0.2, 0) is 0 Å². The van der Waals surface area contributed by atoms with E-state index in [0.717, 1.165) is 40.9 Å². The Bertz CT molecular complexity index is 1080. The number of pyridine rings is 1. The molecule has 0 atom stereocenters. The number of hydrogen-bond donors (Lipinski definition) is 1. The molecule has 0 radical (unpaired) electrons. The van der Waals surface area contributed by atoms with Crippen molar-refractivity contribution in [1.82, 2.24) is 24.7 Å². The minimum atomic E-state index is -0.281. The molecule has 128 valence electrons. The summed E-state index contributed by atoms with van der Waals surface area (Å²) in [6, 6.07) is 8.62. The molecular formula is C19H15FN6. The first-order valence-corrected chi connectivity index (χ1v) is 8.45. The van der Waals surface area contributed by atoms with Gasteiger partial charge in [0.25, 0.3) is 0 Å². The van der Waals surface area contributed by atoms with E-state index < -0.39 is 0 Å². The maximum Gasteiger partial charge on any atom is 0.163 e. The molecule has 3 heterocycles. The summed E-state index contributed by atoms with van der Waals surface area (Å²) >= 11 is 0. The fraction of sp³-hybridized carbons (Fsp3) is 0.158. The molecule has 0 saturated heterocycles. The standard InChI is InChI=1S/C19H15FN6/c20-12-1-5-14(6-2-12)26-19-17(10-24-26)15(7-8-22-19)16-9-21-11-23-18(16)25-13-3-4-13/h1-2,5-11,13H,3-4H2,(H,21,23,25). The number of aromatic nitrogens is 5. The Labute approximate surface area is 148 Å². The van der Waals surface area contributed by atoms with Crippen LogP contribution in [0.5, 0.6) is 0 Å². The van der Waals surface area contributed by atoms with Crippen LogP contribution in [0.3, 0.4) is 0 Å². The van der Waals surface area contributed by atoms with Crippen molar-refractivity contribution in [2.75, 3.05) is 5.32 Å². The lowest BCUT2D eigenvalue weighted by Crippen LogP contribution is -2.05. The smallest absolute Gasteiger partial charge is 0.163 e. The van der Waals surface area contributed by atoms with Gasteiger partial charge in [0, 0.05) is 34.9 Å². The van der Waals surface area contributed by atoms with E-state index in [4.69, 9.17) is 0 Å². The number of anilines is 1. The fourth-order valence-corrected chi connectivity index (χ4v) is 3.00. The molecule has 0 spiro atoms. The lowest BCUT2D eigenvalue weighted by atomic mass is 10.1. The van der Waals surface area contributed by atoms with Gasteiger partial charge in [-0.3, -0.25) is 0 Å². The Morgan fingerprint density at radius 1 is 1.00 bits per heavy atom. The minimum Gasteiger partial charge on any atom is -0.367 e. The van der Waals surface area contributed by atoms with E-state index in [9.17, 15) is 4.39 Å². The van der Waals surface area contributed by atoms with Gasteiger partial charge in [-0.2, -0.15) is 5.10 Å². The number of rotatable bonds is 4. The van der Waals surface area contributed by atoms with Crippen molar-refractivity contribution in [2.45, 2.75) is 18.9 Å². The second kappa shape index (κ2) is 5.87. The summed E-state index contributed by atoms with van der Waals surface area (Å²) in [5.74, 6) is 0.542. The Kier molecular flexibility index (Phi) is 3.38. The molecular weight excluding hydrogens is 331 g/mol. The van der Waals surface area contributed by atoms with Crippen LogP contribution in [-0.4, -0.2) is 30.8 Å². The normalized spacial score (nSPS) is 13.9. The number of nitrogens with one attached hydrogen (secondary N) is 1. The summed E-state index contributed by atoms with van der Waals surface area (Å²) in [5.41, 5.74) is 3.35. The molecule has 0 unspecified atom stereocenters. The number of hydrogen-bond acceptors (Lipinski definition) is 5. The lowest BCUT2D eigenvalue weighted by molar-refractivity contribution is 0.627. The molecule has 0 amide bonds. The van der Waals surface area contributed by atoms with E-state index in [1.165, 1.54) is 12.1 Å². The number of fused-ring (bicyclic) bond motifs is 1. The first kappa shape index (κ1) is 14.9. The van der Waals surface area contributed by atoms with Gasteiger partial charge in [-0.25, -0.2) is 24.0 Å². The van der Waals surface area contributed by atoms with Crippen LogP contribution in [0.4, 0.5) is 10.2 Å². The first-order valence-electron chi connectivity index (χ1n) is 8.45. The molecule has 1 N–H and O–H groups in total. The summed E-state index contributed by atoms with van der Waals surface area (Å²) in [4.78, 5) is 13.1. The molecule has 1 aromatic carbocycles. The summed E-state index contributed by atoms with van der Waals surface area (Å²) in [6.07, 6.45) is 9.20. The van der Waals surface area contributed by atoms with Gasteiger partial charge in [0.2, 0.25) is 0 Å². The third-order valence-corrected chi connectivity index (χ3v) is 4.46. The predicted molar refractivity (Wildman–Crippen MR) is 96.5 cm³/mol. The molecule has 4 aromatic rings. The Morgan fingerprint density at radius 2 is 1.85 bits per heavy atom. The van der Waals surface area contributed by atoms with Gasteiger partial charge in [0.05, 0.1) is 11.9 Å². The Morgan fingerprint density at radius 3 is 2.65 bits per heavy atom. The van der Waals surface area contributed by atoms with Gasteiger partial charge in [-0.1, -0.05) is 0 Å². The van der Waals surface area contributed by atoms with E-state index in [1.807, 2.05) is 12.3 Å². The van der Waals surface area contributed by atoms with Crippen LogP contribution in [0.25, 0.3) is 27.8 Å². The monoisotopic (exact) mass is 346 g/mol. The summed E-state index contributed by atoms with van der Waals surface area (Å²) in [5, 5.41) is 8.80. The molecule has 26 heavy (non-hydrogen) atoms. The molecule has 1 aliphatic carbocycles. The van der Waals surface area contributed by atoms with Crippen molar-refractivity contribution >= 4 is 16.9 Å². The van der Waals surface area contributed by atoms with E-state index in [-0.39, 0.29) is 5.82 Å². The van der Waals surface area contributed by atoms with Crippen LogP contribution in [0.1, 0.15) is 12.8 Å². The summed E-state index contributed by atoms with van der Waals surface area (Å²) in [6.45, 7) is 0. The fourth-order valence-electron chi connectivity index (χ4n) is 3.00. The molecule has 0 aliphatic heterocycles. The van der Waals surface area contributed by atoms with E-state index in [2.05, 4.69) is 25.4 Å². The van der Waals surface area contributed by atoms with Crippen LogP contribution in [0.15, 0.2) is 55.2 Å². The molecule has 0 bridgehead atoms. The van der Waals surface area contributed by atoms with Crippen molar-refractivity contribution in [3.05, 3.63) is 61.1 Å². The third kappa shape index (κ3) is 2.57. The van der Waals surface area contributed by atoms with E-state index >= 15 is 0 Å². The van der Waals surface area contributed by atoms with Crippen LogP contribution in [0, 0.1) is 5.82 Å². The first-order chi connectivity index (χ1) is 12.8. The number of nitrogens with zero attached hydrogens (tertiary/aromatic N) is 5. The molecule has 7 heteroatoms. The second-order valence-corrected chi connectivity index (χ2v) is 6.33. The zero-order chi connectivity index (χ0) is 17.5. The van der Waals surface area contributed by atoms with Crippen molar-refractivity contribution < 1.29 is 4.39 Å². The average Bonchev–Trinajstić information content (AvgIpc) is 3.38. The maximum atomic E-state index is 13.2. The van der Waals surface area contributed by atoms with Crippen molar-refractivity contribution in [2.24, 2.45) is 0 Å². The highest BCUT2D eigenvalue weighted by Gasteiger charge is 2.23. The SMILES string of the molecule is Fc1ccc(-n2ncc3c(-c4cncnc4NC4CC4)ccnc32)cc1. The highest BCUT2D eigenvalue weighted by Crippen LogP contribution is 2.34.